The molecule has 0 spiro atoms. The van der Waals surface area contributed by atoms with Crippen LogP contribution < -0.4 is 9.47 Å². The van der Waals surface area contributed by atoms with E-state index >= 15 is 0 Å². The predicted octanol–water partition coefficient (Wildman–Crippen LogP) is 15.1. The van der Waals surface area contributed by atoms with E-state index in [-0.39, 0.29) is 6.61 Å². The largest absolute Gasteiger partial charge is 0.494 e. The molecule has 0 radical (unpaired) electrons. The molecule has 2 saturated carbocycles. The Hall–Kier alpha value is -3.80. The van der Waals surface area contributed by atoms with E-state index in [1.165, 1.54) is 141 Å². The summed E-state index contributed by atoms with van der Waals surface area (Å²) in [7, 11) is 0. The van der Waals surface area contributed by atoms with Gasteiger partial charge in [0, 0.05) is 0 Å². The van der Waals surface area contributed by atoms with Crippen LogP contribution in [0.5, 0.6) is 11.5 Å². The minimum absolute atomic E-state index is 0.102. The maximum atomic E-state index is 13.3. The van der Waals surface area contributed by atoms with Gasteiger partial charge in [-0.05, 0) is 103 Å². The number of hydrogen-bond donors (Lipinski definition) is 0. The molecule has 6 heteroatoms. The third-order valence-corrected chi connectivity index (χ3v) is 13.4. The third-order valence-electron chi connectivity index (χ3n) is 13.4. The molecule has 3 aromatic carbocycles. The van der Waals surface area contributed by atoms with Crippen LogP contribution in [0.1, 0.15) is 200 Å². The number of carbonyl (C=O) groups excluding carboxylic acids is 2. The van der Waals surface area contributed by atoms with Gasteiger partial charge in [0.2, 0.25) is 0 Å². The van der Waals surface area contributed by atoms with Crippen LogP contribution in [-0.2, 0) is 9.47 Å². The normalized spacial score (nSPS) is 19.6. The van der Waals surface area contributed by atoms with E-state index in [4.69, 9.17) is 18.9 Å². The Bertz CT molecular complexity index is 1570. The van der Waals surface area contributed by atoms with Gasteiger partial charge in [0.05, 0.1) is 24.3 Å². The number of esters is 2. The molecule has 0 saturated heterocycles. The lowest BCUT2D eigenvalue weighted by atomic mass is 9.78. The summed E-state index contributed by atoms with van der Waals surface area (Å²) >= 11 is 0. The highest BCUT2D eigenvalue weighted by atomic mass is 16.6. The van der Waals surface area contributed by atoms with Gasteiger partial charge >= 0.3 is 11.9 Å². The predicted molar refractivity (Wildman–Crippen MR) is 245 cm³/mol. The second-order valence-electron chi connectivity index (χ2n) is 18.1. The van der Waals surface area contributed by atoms with E-state index in [0.29, 0.717) is 24.3 Å². The number of carbonyl (C=O) groups is 2. The van der Waals surface area contributed by atoms with Crippen molar-refractivity contribution >= 4 is 11.9 Å². The van der Waals surface area contributed by atoms with E-state index in [1.807, 2.05) is 54.6 Å². The fourth-order valence-corrected chi connectivity index (χ4v) is 9.49. The Morgan fingerprint density at radius 1 is 0.483 bits per heavy atom. The van der Waals surface area contributed by atoms with Crippen LogP contribution in [0.25, 0.3) is 0 Å². The monoisotopic (exact) mass is 823 g/mol. The van der Waals surface area contributed by atoms with E-state index in [9.17, 15) is 9.59 Å². The summed E-state index contributed by atoms with van der Waals surface area (Å²) in [4.78, 5) is 26.4. The van der Waals surface area contributed by atoms with E-state index < -0.39 is 18.0 Å². The zero-order chi connectivity index (χ0) is 42.0. The highest BCUT2D eigenvalue weighted by molar-refractivity contribution is 5.90. The van der Waals surface area contributed by atoms with Crippen molar-refractivity contribution in [1.29, 1.82) is 0 Å². The fraction of sp³-hybridized carbons (Fsp3) is 0.630. The molecule has 0 aliphatic heterocycles. The van der Waals surface area contributed by atoms with Gasteiger partial charge in [-0.3, -0.25) is 0 Å². The Morgan fingerprint density at radius 3 is 1.32 bits per heavy atom. The molecule has 0 bridgehead atoms. The van der Waals surface area contributed by atoms with Crippen LogP contribution in [0.15, 0.2) is 78.9 Å². The topological polar surface area (TPSA) is 71.1 Å². The van der Waals surface area contributed by atoms with Gasteiger partial charge in [0.15, 0.2) is 6.10 Å². The molecule has 2 fully saturated rings. The zero-order valence-corrected chi connectivity index (χ0v) is 37.4. The van der Waals surface area contributed by atoms with Gasteiger partial charge in [-0.1, -0.05) is 173 Å². The number of unbranched alkanes of at least 4 members (excludes halogenated alkanes) is 8. The molecule has 0 N–H and O–H groups in total. The molecule has 0 aromatic heterocycles. The van der Waals surface area contributed by atoms with Gasteiger partial charge < -0.3 is 18.9 Å². The third kappa shape index (κ3) is 17.7. The fourth-order valence-electron chi connectivity index (χ4n) is 9.49. The van der Waals surface area contributed by atoms with E-state index in [0.717, 1.165) is 53.6 Å². The Labute approximate surface area is 363 Å². The summed E-state index contributed by atoms with van der Waals surface area (Å²) < 4.78 is 23.7. The average molecular weight is 823 g/mol. The zero-order valence-electron chi connectivity index (χ0n) is 37.4. The Morgan fingerprint density at radius 2 is 0.883 bits per heavy atom. The van der Waals surface area contributed by atoms with Crippen LogP contribution in [0.4, 0.5) is 0 Å². The van der Waals surface area contributed by atoms with Crippen LogP contribution >= 0.6 is 0 Å². The molecule has 1 atom stereocenters. The van der Waals surface area contributed by atoms with Crippen molar-refractivity contribution in [3.8, 4) is 11.5 Å². The second kappa shape index (κ2) is 27.9. The lowest BCUT2D eigenvalue weighted by Crippen LogP contribution is -2.19. The molecule has 0 heterocycles. The molecular formula is C54H78O6. The number of hydrogen-bond acceptors (Lipinski definition) is 6. The van der Waals surface area contributed by atoms with E-state index in [1.54, 1.807) is 24.3 Å². The first kappa shape index (κ1) is 47.3. The molecule has 60 heavy (non-hydrogen) atoms. The Balaban J connectivity index is 0.968. The summed E-state index contributed by atoms with van der Waals surface area (Å²) in [5.41, 5.74) is 1.60. The maximum Gasteiger partial charge on any atom is 0.338 e. The molecule has 3 aromatic rings. The molecule has 2 aliphatic rings. The van der Waals surface area contributed by atoms with Crippen LogP contribution in [0.2, 0.25) is 0 Å². The summed E-state index contributed by atoms with van der Waals surface area (Å²) in [6, 6.07) is 23.7. The van der Waals surface area contributed by atoms with Crippen molar-refractivity contribution in [2.75, 3.05) is 19.8 Å². The van der Waals surface area contributed by atoms with Crippen molar-refractivity contribution in [2.45, 2.75) is 174 Å². The summed E-state index contributed by atoms with van der Waals surface area (Å²) in [6.45, 7) is 5.83. The average Bonchev–Trinajstić information content (AvgIpc) is 3.29. The summed E-state index contributed by atoms with van der Waals surface area (Å²) in [5, 5.41) is 0. The van der Waals surface area contributed by atoms with E-state index in [2.05, 4.69) is 13.8 Å². The maximum absolute atomic E-state index is 13.3. The minimum Gasteiger partial charge on any atom is -0.494 e. The quantitative estimate of drug-likeness (QED) is 0.0537. The minimum atomic E-state index is -0.757. The first-order chi connectivity index (χ1) is 29.5. The van der Waals surface area contributed by atoms with Crippen molar-refractivity contribution < 1.29 is 28.5 Å². The number of ether oxygens (including phenoxy) is 4. The standard InChI is InChI=1S/C54H78O6/c1-3-5-7-9-12-18-43-24-28-45(29-25-43)20-16-40-57-50-36-32-48(33-37-50)53(55)59-42-52(47-22-14-11-15-23-47)60-54(56)49-34-38-51(39-35-49)58-41-17-21-46-30-26-44(27-31-46)19-13-10-8-6-4-2/h11,14-15,22-23,32-39,43-46,52H,3-10,12-13,16-21,24-31,40-42H2,1-2H3. The molecule has 330 valence electrons. The number of benzene rings is 3. The lowest BCUT2D eigenvalue weighted by Gasteiger charge is -2.28. The Kier molecular flexibility index (Phi) is 22.0. The first-order valence-electron chi connectivity index (χ1n) is 24.4. The van der Waals surface area contributed by atoms with Crippen molar-refractivity contribution in [1.82, 2.24) is 0 Å². The summed E-state index contributed by atoms with van der Waals surface area (Å²) in [5.74, 6) is 4.09. The van der Waals surface area contributed by atoms with Gasteiger partial charge in [-0.15, -0.1) is 0 Å². The highest BCUT2D eigenvalue weighted by Crippen LogP contribution is 2.36. The van der Waals surface area contributed by atoms with Crippen LogP contribution in [0.3, 0.4) is 0 Å². The van der Waals surface area contributed by atoms with Crippen molar-refractivity contribution in [3.63, 3.8) is 0 Å². The smallest absolute Gasteiger partial charge is 0.338 e. The lowest BCUT2D eigenvalue weighted by molar-refractivity contribution is -0.00134. The van der Waals surface area contributed by atoms with Crippen molar-refractivity contribution in [3.05, 3.63) is 95.6 Å². The molecule has 5 rings (SSSR count). The van der Waals surface area contributed by atoms with Gasteiger partial charge in [0.25, 0.3) is 0 Å². The molecule has 0 amide bonds. The molecule has 6 nitrogen and oxygen atoms in total. The molecular weight excluding hydrogens is 745 g/mol. The van der Waals surface area contributed by atoms with Crippen LogP contribution in [-0.4, -0.2) is 31.8 Å². The van der Waals surface area contributed by atoms with Gasteiger partial charge in [0.1, 0.15) is 18.1 Å². The molecule has 2 aliphatic carbocycles. The van der Waals surface area contributed by atoms with Gasteiger partial charge in [-0.2, -0.15) is 0 Å². The summed E-state index contributed by atoms with van der Waals surface area (Å²) in [6.07, 6.45) is 31.5. The first-order valence-corrected chi connectivity index (χ1v) is 24.4. The van der Waals surface area contributed by atoms with Crippen LogP contribution in [0, 0.1) is 23.7 Å². The second-order valence-corrected chi connectivity index (χ2v) is 18.1. The van der Waals surface area contributed by atoms with Gasteiger partial charge in [-0.25, -0.2) is 9.59 Å². The molecule has 1 unspecified atom stereocenters. The number of rotatable bonds is 28. The SMILES string of the molecule is CCCCCCCC1CCC(CCCOc2ccc(C(=O)OCC(OC(=O)c3ccc(OCCCC4CCC(CCCCCCC)CC4)cc3)c3ccccc3)cc2)CC1. The highest BCUT2D eigenvalue weighted by Gasteiger charge is 2.23. The van der Waals surface area contributed by atoms with Crippen molar-refractivity contribution in [2.24, 2.45) is 23.7 Å².